The van der Waals surface area contributed by atoms with Gasteiger partial charge in [0.1, 0.15) is 10.0 Å². The Morgan fingerprint density at radius 1 is 0.577 bits per heavy atom. The normalized spacial score (nSPS) is 11.5. The van der Waals surface area contributed by atoms with E-state index in [0.717, 1.165) is 21.0 Å². The van der Waals surface area contributed by atoms with Gasteiger partial charge < -0.3 is 0 Å². The van der Waals surface area contributed by atoms with E-state index < -0.39 is 0 Å². The number of benzene rings is 3. The highest BCUT2D eigenvalue weighted by Crippen LogP contribution is 2.36. The molecule has 2 aromatic heterocycles. The van der Waals surface area contributed by atoms with E-state index in [4.69, 9.17) is 9.97 Å². The third kappa shape index (κ3) is 2.71. The maximum Gasteiger partial charge on any atom is 0.124 e. The maximum absolute atomic E-state index is 4.84. The minimum absolute atomic E-state index is 1.03. The summed E-state index contributed by atoms with van der Waals surface area (Å²) in [5, 5.41) is 2.13. The predicted molar refractivity (Wildman–Crippen MR) is 113 cm³/mol. The van der Waals surface area contributed by atoms with Crippen molar-refractivity contribution in [3.05, 3.63) is 71.8 Å². The summed E-state index contributed by atoms with van der Waals surface area (Å²) < 4.78 is 2.43. The van der Waals surface area contributed by atoms with Crippen LogP contribution < -0.4 is 0 Å². The van der Waals surface area contributed by atoms with Crippen molar-refractivity contribution >= 4 is 43.1 Å². The molecule has 0 amide bonds. The number of aromatic nitrogens is 2. The number of nitrogens with zero attached hydrogens (tertiary/aromatic N) is 2. The topological polar surface area (TPSA) is 25.8 Å². The molecule has 0 aliphatic carbocycles. The van der Waals surface area contributed by atoms with Crippen LogP contribution in [0.15, 0.2) is 60.7 Å². The van der Waals surface area contributed by atoms with Crippen LogP contribution in [0, 0.1) is 13.8 Å². The zero-order chi connectivity index (χ0) is 17.7. The van der Waals surface area contributed by atoms with Crippen LogP contribution in [0.4, 0.5) is 0 Å². The van der Waals surface area contributed by atoms with Gasteiger partial charge in [-0.1, -0.05) is 59.7 Å². The lowest BCUT2D eigenvalue weighted by Crippen LogP contribution is -1.77. The summed E-state index contributed by atoms with van der Waals surface area (Å²) in [4.78, 5) is 9.68. The number of thiazole rings is 2. The highest BCUT2D eigenvalue weighted by Gasteiger charge is 2.11. The summed E-state index contributed by atoms with van der Waals surface area (Å²) in [6, 6.07) is 21.5. The molecule has 0 aliphatic heterocycles. The van der Waals surface area contributed by atoms with Crippen LogP contribution in [0.3, 0.4) is 0 Å². The molecule has 0 spiro atoms. The number of hydrogen-bond acceptors (Lipinski definition) is 4. The number of hydrogen-bond donors (Lipinski definition) is 0. The van der Waals surface area contributed by atoms with Crippen LogP contribution in [0.1, 0.15) is 11.1 Å². The van der Waals surface area contributed by atoms with Crippen molar-refractivity contribution in [3.8, 4) is 21.1 Å². The molecule has 0 radical (unpaired) electrons. The summed E-state index contributed by atoms with van der Waals surface area (Å²) in [5.41, 5.74) is 6.94. The van der Waals surface area contributed by atoms with Gasteiger partial charge in [-0.05, 0) is 26.0 Å². The molecule has 0 unspecified atom stereocenters. The molecule has 0 saturated heterocycles. The van der Waals surface area contributed by atoms with Gasteiger partial charge in [0.2, 0.25) is 0 Å². The summed E-state index contributed by atoms with van der Waals surface area (Å²) in [6.45, 7) is 4.21. The molecule has 3 aromatic carbocycles. The van der Waals surface area contributed by atoms with Crippen LogP contribution >= 0.6 is 22.7 Å². The zero-order valence-electron chi connectivity index (χ0n) is 14.5. The average Bonchev–Trinajstić information content (AvgIpc) is 3.23. The lowest BCUT2D eigenvalue weighted by Gasteiger charge is -1.96. The van der Waals surface area contributed by atoms with Gasteiger partial charge in [-0.2, -0.15) is 0 Å². The predicted octanol–water partition coefficient (Wildman–Crippen LogP) is 6.86. The van der Waals surface area contributed by atoms with E-state index in [1.807, 2.05) is 0 Å². The maximum atomic E-state index is 4.84. The van der Waals surface area contributed by atoms with E-state index in [9.17, 15) is 0 Å². The van der Waals surface area contributed by atoms with Crippen molar-refractivity contribution in [2.24, 2.45) is 0 Å². The van der Waals surface area contributed by atoms with Gasteiger partial charge in [0.05, 0.1) is 20.4 Å². The van der Waals surface area contributed by atoms with Gasteiger partial charge in [-0.15, -0.1) is 22.7 Å². The summed E-state index contributed by atoms with van der Waals surface area (Å²) in [5.74, 6) is 0. The molecule has 0 aliphatic rings. The summed E-state index contributed by atoms with van der Waals surface area (Å²) >= 11 is 3.49. The first kappa shape index (κ1) is 15.7. The van der Waals surface area contributed by atoms with Crippen molar-refractivity contribution in [2.45, 2.75) is 13.8 Å². The molecule has 4 heteroatoms. The first-order valence-corrected chi connectivity index (χ1v) is 10.1. The Morgan fingerprint density at radius 3 is 1.42 bits per heavy atom. The van der Waals surface area contributed by atoms with Gasteiger partial charge in [-0.3, -0.25) is 0 Å². The van der Waals surface area contributed by atoms with Crippen LogP contribution in [-0.4, -0.2) is 9.97 Å². The fourth-order valence-electron chi connectivity index (χ4n) is 2.99. The Balaban J connectivity index is 1.60. The second kappa shape index (κ2) is 6.01. The molecule has 2 nitrogen and oxygen atoms in total. The van der Waals surface area contributed by atoms with E-state index >= 15 is 0 Å². The number of aryl methyl sites for hydroxylation is 2. The van der Waals surface area contributed by atoms with E-state index in [1.54, 1.807) is 22.7 Å². The third-order valence-electron chi connectivity index (χ3n) is 4.49. The SMILES string of the molecule is Cc1ccc(-c2nc3cc4nc(-c5ccc(C)cc5)sc4cc3s2)cc1. The fourth-order valence-corrected chi connectivity index (χ4v) is 5.05. The number of rotatable bonds is 2. The molecule has 0 bridgehead atoms. The first-order valence-electron chi connectivity index (χ1n) is 8.51. The van der Waals surface area contributed by atoms with Gasteiger partial charge in [0.25, 0.3) is 0 Å². The van der Waals surface area contributed by atoms with Crippen LogP contribution in [0.5, 0.6) is 0 Å². The van der Waals surface area contributed by atoms with Gasteiger partial charge in [0, 0.05) is 11.1 Å². The first-order chi connectivity index (χ1) is 12.7. The Morgan fingerprint density at radius 2 is 1.00 bits per heavy atom. The van der Waals surface area contributed by atoms with Crippen LogP contribution in [0.2, 0.25) is 0 Å². The van der Waals surface area contributed by atoms with Crippen LogP contribution in [-0.2, 0) is 0 Å². The zero-order valence-corrected chi connectivity index (χ0v) is 16.1. The third-order valence-corrected chi connectivity index (χ3v) is 6.63. The van der Waals surface area contributed by atoms with Crippen molar-refractivity contribution in [3.63, 3.8) is 0 Å². The monoisotopic (exact) mass is 372 g/mol. The summed E-state index contributed by atoms with van der Waals surface area (Å²) in [7, 11) is 0. The Bertz CT molecular complexity index is 1080. The largest absolute Gasteiger partial charge is 0.236 e. The highest BCUT2D eigenvalue weighted by atomic mass is 32.1. The van der Waals surface area contributed by atoms with Gasteiger partial charge in [-0.25, -0.2) is 9.97 Å². The molecule has 0 atom stereocenters. The molecule has 126 valence electrons. The second-order valence-electron chi connectivity index (χ2n) is 6.56. The van der Waals surface area contributed by atoms with E-state index in [-0.39, 0.29) is 0 Å². The Labute approximate surface area is 159 Å². The average molecular weight is 373 g/mol. The van der Waals surface area contributed by atoms with Gasteiger partial charge >= 0.3 is 0 Å². The fraction of sp³-hybridized carbons (Fsp3) is 0.0909. The molecule has 0 fully saturated rings. The van der Waals surface area contributed by atoms with Crippen molar-refractivity contribution in [2.75, 3.05) is 0 Å². The van der Waals surface area contributed by atoms with E-state index in [2.05, 4.69) is 74.5 Å². The second-order valence-corrected chi connectivity index (χ2v) is 8.62. The van der Waals surface area contributed by atoms with E-state index in [0.29, 0.717) is 0 Å². The molecule has 5 rings (SSSR count). The molecule has 26 heavy (non-hydrogen) atoms. The van der Waals surface area contributed by atoms with Crippen LogP contribution in [0.25, 0.3) is 41.6 Å². The highest BCUT2D eigenvalue weighted by molar-refractivity contribution is 7.23. The molecule has 0 saturated carbocycles. The molecule has 5 aromatic rings. The lowest BCUT2D eigenvalue weighted by molar-refractivity contribution is 1.43. The Kier molecular flexibility index (Phi) is 3.62. The lowest BCUT2D eigenvalue weighted by atomic mass is 10.2. The molecule has 2 heterocycles. The molecule has 0 N–H and O–H groups in total. The molecular weight excluding hydrogens is 356 g/mol. The smallest absolute Gasteiger partial charge is 0.124 e. The quantitative estimate of drug-likeness (QED) is 0.338. The minimum Gasteiger partial charge on any atom is -0.236 e. The molecular formula is C22H16N2S2. The number of fused-ring (bicyclic) bond motifs is 2. The Hall–Kier alpha value is -2.56. The summed E-state index contributed by atoms with van der Waals surface area (Å²) in [6.07, 6.45) is 0. The van der Waals surface area contributed by atoms with E-state index in [1.165, 1.54) is 31.7 Å². The minimum atomic E-state index is 1.03. The van der Waals surface area contributed by atoms with Gasteiger partial charge in [0.15, 0.2) is 0 Å². The van der Waals surface area contributed by atoms with Crippen molar-refractivity contribution < 1.29 is 0 Å². The van der Waals surface area contributed by atoms with Crippen molar-refractivity contribution in [1.82, 2.24) is 9.97 Å². The van der Waals surface area contributed by atoms with Crippen molar-refractivity contribution in [1.29, 1.82) is 0 Å². The standard InChI is InChI=1S/C22H16N2S2/c1-13-3-7-15(8-4-13)21-23-17-11-18-20(12-19(17)25-21)26-22(24-18)16-9-5-14(2)6-10-16/h3-12H,1-2H3.